The molecule has 112 valence electrons. The van der Waals surface area contributed by atoms with Crippen molar-refractivity contribution in [1.82, 2.24) is 9.80 Å². The molecule has 2 amide bonds. The second-order valence-electron chi connectivity index (χ2n) is 5.95. The van der Waals surface area contributed by atoms with Crippen LogP contribution in [0.5, 0.6) is 0 Å². The molecule has 1 aliphatic carbocycles. The lowest BCUT2D eigenvalue weighted by Gasteiger charge is -2.21. The molecule has 2 saturated heterocycles. The zero-order valence-electron chi connectivity index (χ0n) is 11.0. The molecule has 8 heteroatoms. The Labute approximate surface area is 117 Å². The van der Waals surface area contributed by atoms with E-state index in [9.17, 15) is 21.9 Å². The fourth-order valence-corrected chi connectivity index (χ4v) is 3.78. The van der Waals surface area contributed by atoms with Crippen LogP contribution in [0.25, 0.3) is 0 Å². The van der Waals surface area contributed by atoms with E-state index in [2.05, 4.69) is 0 Å². The first kappa shape index (κ1) is 13.8. The summed E-state index contributed by atoms with van der Waals surface area (Å²) < 4.78 is 34.6. The summed E-state index contributed by atoms with van der Waals surface area (Å²) in [5, 5.41) is -1.24. The van der Waals surface area contributed by atoms with Crippen molar-refractivity contribution in [3.63, 3.8) is 0 Å². The van der Waals surface area contributed by atoms with Gasteiger partial charge in [0, 0.05) is 44.4 Å². The van der Waals surface area contributed by atoms with Crippen molar-refractivity contribution in [2.75, 3.05) is 19.6 Å². The van der Waals surface area contributed by atoms with Gasteiger partial charge in [0.2, 0.25) is 11.8 Å². The van der Waals surface area contributed by atoms with E-state index in [0.29, 0.717) is 25.6 Å². The fourth-order valence-electron chi connectivity index (χ4n) is 3.08. The number of amides is 2. The summed E-state index contributed by atoms with van der Waals surface area (Å²) in [6.45, 7) is 0.881. The minimum absolute atomic E-state index is 0.0353. The van der Waals surface area contributed by atoms with Crippen molar-refractivity contribution >= 4 is 22.0 Å². The molecular weight excluding hydrogens is 287 g/mol. The van der Waals surface area contributed by atoms with Crippen LogP contribution in [-0.2, 0) is 19.8 Å². The third-order valence-electron chi connectivity index (χ3n) is 4.28. The zero-order valence-corrected chi connectivity index (χ0v) is 11.8. The van der Waals surface area contributed by atoms with Crippen LogP contribution in [-0.4, -0.2) is 61.0 Å². The van der Waals surface area contributed by atoms with E-state index in [1.165, 1.54) is 4.90 Å². The molecule has 1 saturated carbocycles. The summed E-state index contributed by atoms with van der Waals surface area (Å²) in [6, 6.07) is 0.362. The van der Waals surface area contributed by atoms with Gasteiger partial charge in [-0.3, -0.25) is 9.59 Å². The molecule has 0 radical (unpaired) electrons. The highest BCUT2D eigenvalue weighted by Gasteiger charge is 2.43. The second-order valence-corrected chi connectivity index (χ2v) is 7.57. The lowest BCUT2D eigenvalue weighted by Crippen LogP contribution is -2.34. The zero-order chi connectivity index (χ0) is 14.5. The average molecular weight is 304 g/mol. The van der Waals surface area contributed by atoms with Crippen molar-refractivity contribution in [3.8, 4) is 0 Å². The van der Waals surface area contributed by atoms with Crippen LogP contribution in [0.2, 0.25) is 0 Å². The van der Waals surface area contributed by atoms with E-state index in [1.54, 1.807) is 0 Å². The largest absolute Gasteiger partial charge is 0.341 e. The molecule has 3 fully saturated rings. The maximum absolute atomic E-state index is 12.9. The topological polar surface area (TPSA) is 74.8 Å². The maximum atomic E-state index is 12.9. The summed E-state index contributed by atoms with van der Waals surface area (Å²) in [5.41, 5.74) is 0. The Kier molecular flexibility index (Phi) is 3.23. The highest BCUT2D eigenvalue weighted by atomic mass is 32.3. The van der Waals surface area contributed by atoms with E-state index < -0.39 is 15.5 Å². The smallest absolute Gasteiger partial charge is 0.307 e. The molecule has 2 unspecified atom stereocenters. The van der Waals surface area contributed by atoms with Crippen molar-refractivity contribution < 1.29 is 21.9 Å². The van der Waals surface area contributed by atoms with Crippen LogP contribution in [0.1, 0.15) is 25.7 Å². The summed E-state index contributed by atoms with van der Waals surface area (Å²) in [6.07, 6.45) is 2.20. The number of carbonyl (C=O) groups excluding carboxylic acids is 2. The minimum atomic E-state index is -4.67. The van der Waals surface area contributed by atoms with Crippen molar-refractivity contribution in [1.29, 1.82) is 0 Å². The van der Waals surface area contributed by atoms with E-state index in [-0.39, 0.29) is 30.7 Å². The second kappa shape index (κ2) is 4.68. The van der Waals surface area contributed by atoms with Crippen molar-refractivity contribution in [3.05, 3.63) is 0 Å². The standard InChI is InChI=1S/C12H17FN2O4S/c13-20(18,19)10-4-11(16)14(7-10)5-8-3-12(17)15(6-8)9-1-2-9/h8-10H,1-7H2. The highest BCUT2D eigenvalue weighted by Crippen LogP contribution is 2.33. The molecule has 0 aromatic rings. The third kappa shape index (κ3) is 2.65. The quantitative estimate of drug-likeness (QED) is 0.680. The van der Waals surface area contributed by atoms with Gasteiger partial charge >= 0.3 is 10.2 Å². The number of rotatable bonds is 4. The summed E-state index contributed by atoms with van der Waals surface area (Å²) in [5.74, 6) is -0.194. The molecular formula is C12H17FN2O4S. The molecule has 0 spiro atoms. The number of hydrogen-bond donors (Lipinski definition) is 0. The van der Waals surface area contributed by atoms with Crippen molar-refractivity contribution in [2.24, 2.45) is 5.92 Å². The first-order valence-electron chi connectivity index (χ1n) is 6.85. The first-order chi connectivity index (χ1) is 9.34. The van der Waals surface area contributed by atoms with Crippen LogP contribution in [0.15, 0.2) is 0 Å². The molecule has 6 nitrogen and oxygen atoms in total. The van der Waals surface area contributed by atoms with Crippen LogP contribution >= 0.6 is 0 Å². The molecule has 0 N–H and O–H groups in total. The van der Waals surface area contributed by atoms with Gasteiger partial charge in [0.1, 0.15) is 5.25 Å². The first-order valence-corrected chi connectivity index (χ1v) is 8.30. The lowest BCUT2D eigenvalue weighted by atomic mass is 10.1. The van der Waals surface area contributed by atoms with E-state index in [4.69, 9.17) is 0 Å². The van der Waals surface area contributed by atoms with Gasteiger partial charge in [-0.1, -0.05) is 0 Å². The van der Waals surface area contributed by atoms with Gasteiger partial charge in [-0.15, -0.1) is 3.89 Å². The Morgan fingerprint density at radius 1 is 1.10 bits per heavy atom. The Hall–Kier alpha value is -1.18. The van der Waals surface area contributed by atoms with Crippen molar-refractivity contribution in [2.45, 2.75) is 37.0 Å². The molecule has 0 bridgehead atoms. The average Bonchev–Trinajstić information content (AvgIpc) is 3.02. The molecule has 20 heavy (non-hydrogen) atoms. The molecule has 2 atom stereocenters. The number of nitrogens with zero attached hydrogens (tertiary/aromatic N) is 2. The van der Waals surface area contributed by atoms with Gasteiger partial charge in [-0.25, -0.2) is 0 Å². The predicted molar refractivity (Wildman–Crippen MR) is 67.9 cm³/mol. The Balaban J connectivity index is 1.59. The third-order valence-corrected chi connectivity index (χ3v) is 5.39. The molecule has 3 rings (SSSR count). The van der Waals surface area contributed by atoms with Gasteiger partial charge in [0.05, 0.1) is 0 Å². The number of likely N-dealkylation sites (tertiary alicyclic amines) is 2. The number of carbonyl (C=O) groups is 2. The van der Waals surface area contributed by atoms with Crippen LogP contribution in [0.4, 0.5) is 3.89 Å². The van der Waals surface area contributed by atoms with E-state index in [0.717, 1.165) is 12.8 Å². The van der Waals surface area contributed by atoms with Crippen LogP contribution in [0.3, 0.4) is 0 Å². The monoisotopic (exact) mass is 304 g/mol. The van der Waals surface area contributed by atoms with Gasteiger partial charge < -0.3 is 9.80 Å². The van der Waals surface area contributed by atoms with E-state index >= 15 is 0 Å². The van der Waals surface area contributed by atoms with Gasteiger partial charge in [-0.05, 0) is 12.8 Å². The molecule has 2 heterocycles. The van der Waals surface area contributed by atoms with E-state index in [1.807, 2.05) is 4.90 Å². The fraction of sp³-hybridized carbons (Fsp3) is 0.833. The van der Waals surface area contributed by atoms with Gasteiger partial charge in [0.15, 0.2) is 0 Å². The maximum Gasteiger partial charge on any atom is 0.307 e. The molecule has 3 aliphatic rings. The molecule has 2 aliphatic heterocycles. The van der Waals surface area contributed by atoms with Crippen LogP contribution < -0.4 is 0 Å². The predicted octanol–water partition coefficient (Wildman–Crippen LogP) is -0.103. The minimum Gasteiger partial charge on any atom is -0.341 e. The lowest BCUT2D eigenvalue weighted by molar-refractivity contribution is -0.129. The number of hydrogen-bond acceptors (Lipinski definition) is 4. The summed E-state index contributed by atoms with van der Waals surface area (Å²) in [7, 11) is -4.67. The van der Waals surface area contributed by atoms with Gasteiger partial charge in [0.25, 0.3) is 0 Å². The Morgan fingerprint density at radius 2 is 1.80 bits per heavy atom. The normalized spacial score (nSPS) is 31.4. The van der Waals surface area contributed by atoms with Gasteiger partial charge in [-0.2, -0.15) is 8.42 Å². The Morgan fingerprint density at radius 3 is 2.35 bits per heavy atom. The summed E-state index contributed by atoms with van der Waals surface area (Å²) in [4.78, 5) is 26.8. The summed E-state index contributed by atoms with van der Waals surface area (Å²) >= 11 is 0. The van der Waals surface area contributed by atoms with Crippen LogP contribution in [0, 0.1) is 5.92 Å². The SMILES string of the molecule is O=C1CC(S(=O)(=O)F)CN1CC1CC(=O)N(C2CC2)C1. The highest BCUT2D eigenvalue weighted by molar-refractivity contribution is 7.87. The molecule has 0 aromatic carbocycles. The Bertz CT molecular complexity index is 546. The number of halogens is 1. The molecule has 0 aromatic heterocycles.